The second kappa shape index (κ2) is 26.9. The van der Waals surface area contributed by atoms with E-state index >= 15 is 0 Å². The fourth-order valence-electron chi connectivity index (χ4n) is 9.73. The molecule has 12 nitrogen and oxygen atoms in total. The molecule has 0 heterocycles. The lowest BCUT2D eigenvalue weighted by Crippen LogP contribution is -2.22. The Morgan fingerprint density at radius 1 is 0.313 bits per heavy atom. The van der Waals surface area contributed by atoms with Gasteiger partial charge in [0.2, 0.25) is 13.1 Å². The minimum atomic E-state index is -1.00. The minimum absolute atomic E-state index is 0.124. The van der Waals surface area contributed by atoms with Crippen LogP contribution in [0.2, 0.25) is 0 Å². The van der Waals surface area contributed by atoms with Crippen LogP contribution in [0.1, 0.15) is 266 Å². The van der Waals surface area contributed by atoms with Crippen molar-refractivity contribution >= 4 is 23.9 Å². The largest absolute Gasteiger partial charge is 0.507 e. The molecule has 0 bridgehead atoms. The number of ether oxygens (including phenoxy) is 4. The summed E-state index contributed by atoms with van der Waals surface area (Å²) < 4.78 is 21.2. The van der Waals surface area contributed by atoms with Crippen LogP contribution in [0, 0.1) is 0 Å². The van der Waals surface area contributed by atoms with Crippen LogP contribution in [0.5, 0.6) is 23.0 Å². The predicted molar refractivity (Wildman–Crippen MR) is 334 cm³/mol. The smallest absolute Gasteiger partial charge is 0.309 e. The average Bonchev–Trinajstić information content (AvgIpc) is 3.34. The molecule has 0 aliphatic heterocycles. The third-order valence-corrected chi connectivity index (χ3v) is 14.6. The van der Waals surface area contributed by atoms with Gasteiger partial charge in [0.15, 0.2) is 0 Å². The summed E-state index contributed by atoms with van der Waals surface area (Å²) in [5.74, 6) is -0.605. The zero-order chi connectivity index (χ0) is 64.0. The van der Waals surface area contributed by atoms with E-state index in [1.54, 1.807) is 6.92 Å². The highest BCUT2D eigenvalue weighted by molar-refractivity contribution is 5.73. The van der Waals surface area contributed by atoms with Crippen molar-refractivity contribution in [3.63, 3.8) is 0 Å². The van der Waals surface area contributed by atoms with Crippen molar-refractivity contribution in [3.8, 4) is 23.0 Å². The van der Waals surface area contributed by atoms with Gasteiger partial charge in [0.05, 0.1) is 0 Å². The minimum Gasteiger partial charge on any atom is -0.507 e. The molecule has 4 aromatic rings. The fourth-order valence-corrected chi connectivity index (χ4v) is 9.73. The van der Waals surface area contributed by atoms with E-state index in [1.165, 1.54) is 0 Å². The van der Waals surface area contributed by atoms with Gasteiger partial charge in [-0.15, -0.1) is 0 Å². The van der Waals surface area contributed by atoms with E-state index in [0.717, 1.165) is 66.8 Å². The van der Waals surface area contributed by atoms with E-state index in [0.29, 0.717) is 48.7 Å². The Morgan fingerprint density at radius 2 is 0.470 bits per heavy atom. The molecule has 0 spiro atoms. The van der Waals surface area contributed by atoms with Gasteiger partial charge < -0.3 is 39.4 Å². The summed E-state index contributed by atoms with van der Waals surface area (Å²) in [5.41, 5.74) is 8.52. The summed E-state index contributed by atoms with van der Waals surface area (Å²) >= 11 is 0. The standard InChI is InChI=1S/C36H54O6.C35H52O6/c1-22(41-29(37)16-14-23-18-25(33(2,3)4)31(39)26(19-23)34(5,6)7)42-30(38)17-15-24-20-27(35(8,9)10)32(40)28(21-24)36(11,12)13;1-32(2,3)24-17-22(18-25(30(24)38)33(4,5)6)13-15-28(36)40-21-41-29(37)16-14-23-19-26(34(7,8)9)31(39)27(20-23)35(10,11)12/h18-22,39-40H,14-17H2,1-13H3;17-20,38-39H,13-16,21H2,1-12H3. The Morgan fingerprint density at radius 3 is 0.627 bits per heavy atom. The highest BCUT2D eigenvalue weighted by Gasteiger charge is 2.31. The summed E-state index contributed by atoms with van der Waals surface area (Å²) in [6.07, 6.45) is 1.30. The molecule has 12 heteroatoms. The average molecular weight is 1150 g/mol. The van der Waals surface area contributed by atoms with Crippen LogP contribution < -0.4 is 0 Å². The lowest BCUT2D eigenvalue weighted by atomic mass is 9.78. The maximum absolute atomic E-state index is 12.6. The van der Waals surface area contributed by atoms with Crippen molar-refractivity contribution < 1.29 is 58.6 Å². The van der Waals surface area contributed by atoms with E-state index in [-0.39, 0.29) is 69.0 Å². The molecule has 83 heavy (non-hydrogen) atoms. The third kappa shape index (κ3) is 21.2. The number of phenols is 4. The molecule has 0 amide bonds. The molecule has 0 saturated heterocycles. The first-order valence-corrected chi connectivity index (χ1v) is 29.6. The number of benzene rings is 4. The maximum atomic E-state index is 12.6. The molecule has 4 N–H and O–H groups in total. The van der Waals surface area contributed by atoms with Crippen LogP contribution in [-0.4, -0.2) is 57.4 Å². The lowest BCUT2D eigenvalue weighted by Gasteiger charge is -2.28. The summed E-state index contributed by atoms with van der Waals surface area (Å²) in [5, 5.41) is 43.7. The molecule has 0 aromatic heterocycles. The Kier molecular flexibility index (Phi) is 23.1. The number of esters is 4. The van der Waals surface area contributed by atoms with Gasteiger partial charge in [-0.2, -0.15) is 0 Å². The Hall–Kier alpha value is -6.04. The number of aromatic hydroxyl groups is 4. The van der Waals surface area contributed by atoms with E-state index in [2.05, 4.69) is 166 Å². The molecular formula is C71H106O12. The predicted octanol–water partition coefficient (Wildman–Crippen LogP) is 16.2. The second-order valence-electron chi connectivity index (χ2n) is 30.9. The van der Waals surface area contributed by atoms with Gasteiger partial charge in [-0.05, 0) is 136 Å². The summed E-state index contributed by atoms with van der Waals surface area (Å²) in [6.45, 7) is 50.4. The fraction of sp³-hybridized carbons (Fsp3) is 0.606. The number of carbonyl (C=O) groups is 4. The first kappa shape index (κ1) is 71.2. The third-order valence-electron chi connectivity index (χ3n) is 14.6. The van der Waals surface area contributed by atoms with Crippen LogP contribution in [0.25, 0.3) is 0 Å². The van der Waals surface area contributed by atoms with Gasteiger partial charge in [-0.1, -0.05) is 215 Å². The molecule has 0 atom stereocenters. The Labute approximate surface area is 499 Å². The zero-order valence-electron chi connectivity index (χ0n) is 55.6. The Balaban J connectivity index is 0.000000435. The number of aryl methyl sites for hydroxylation is 4. The number of carbonyl (C=O) groups excluding carboxylic acids is 4. The molecule has 0 unspecified atom stereocenters. The number of hydrogen-bond donors (Lipinski definition) is 4. The van der Waals surface area contributed by atoms with Crippen molar-refractivity contribution in [2.45, 2.75) is 274 Å². The van der Waals surface area contributed by atoms with Crippen molar-refractivity contribution in [3.05, 3.63) is 115 Å². The molecule has 4 rings (SSSR count). The number of hydrogen-bond acceptors (Lipinski definition) is 12. The highest BCUT2D eigenvalue weighted by atomic mass is 16.7. The summed E-state index contributed by atoms with van der Waals surface area (Å²) in [7, 11) is 0. The van der Waals surface area contributed by atoms with Crippen LogP contribution >= 0.6 is 0 Å². The second-order valence-corrected chi connectivity index (χ2v) is 30.9. The van der Waals surface area contributed by atoms with Gasteiger partial charge >= 0.3 is 23.9 Å². The first-order valence-electron chi connectivity index (χ1n) is 29.6. The van der Waals surface area contributed by atoms with E-state index in [1.807, 2.05) is 48.5 Å². The zero-order valence-corrected chi connectivity index (χ0v) is 55.6. The monoisotopic (exact) mass is 1150 g/mol. The SMILES string of the molecule is CC(C)(C)c1cc(CCC(=O)OCOC(=O)CCc2cc(C(C)(C)C)c(O)c(C(C)(C)C)c2)cc(C(C)(C)C)c1O.CC(OC(=O)CCc1cc(C(C)(C)C)c(O)c(C(C)(C)C)c1)OC(=O)CCc1cc(C(C)(C)C)c(O)c(C(C)(C)C)c1. The lowest BCUT2D eigenvalue weighted by molar-refractivity contribution is -0.184. The van der Waals surface area contributed by atoms with Gasteiger partial charge in [0, 0.05) is 32.6 Å². The molecule has 0 saturated carbocycles. The first-order chi connectivity index (χ1) is 37.4. The quantitative estimate of drug-likeness (QED) is 0.0615. The highest BCUT2D eigenvalue weighted by Crippen LogP contribution is 2.44. The van der Waals surface area contributed by atoms with Crippen LogP contribution in [0.15, 0.2) is 48.5 Å². The summed E-state index contributed by atoms with van der Waals surface area (Å²) in [4.78, 5) is 50.1. The van der Waals surface area contributed by atoms with Crippen molar-refractivity contribution in [1.82, 2.24) is 0 Å². The van der Waals surface area contributed by atoms with Gasteiger partial charge in [0.1, 0.15) is 23.0 Å². The van der Waals surface area contributed by atoms with Crippen LogP contribution in [0.3, 0.4) is 0 Å². The maximum Gasteiger partial charge on any atom is 0.309 e. The van der Waals surface area contributed by atoms with Crippen LogP contribution in [-0.2, 0) is 107 Å². The van der Waals surface area contributed by atoms with Crippen molar-refractivity contribution in [1.29, 1.82) is 0 Å². The molecule has 0 fully saturated rings. The molecule has 4 aromatic carbocycles. The molecule has 0 aliphatic rings. The van der Waals surface area contributed by atoms with Crippen LogP contribution in [0.4, 0.5) is 0 Å². The van der Waals surface area contributed by atoms with Gasteiger partial charge in [0.25, 0.3) is 0 Å². The molecule has 0 radical (unpaired) electrons. The topological polar surface area (TPSA) is 186 Å². The van der Waals surface area contributed by atoms with Crippen molar-refractivity contribution in [2.24, 2.45) is 0 Å². The normalized spacial score (nSPS) is 12.8. The van der Waals surface area contributed by atoms with E-state index in [9.17, 15) is 39.6 Å². The molecule has 462 valence electrons. The van der Waals surface area contributed by atoms with E-state index in [4.69, 9.17) is 18.9 Å². The number of rotatable bonds is 16. The molecule has 0 aliphatic carbocycles. The number of phenolic OH excluding ortho intramolecular Hbond substituents is 4. The van der Waals surface area contributed by atoms with Gasteiger partial charge in [-0.25, -0.2) is 0 Å². The molecular weight excluding hydrogens is 1040 g/mol. The van der Waals surface area contributed by atoms with Crippen molar-refractivity contribution in [2.75, 3.05) is 6.79 Å². The Bertz CT molecular complexity index is 2580. The van der Waals surface area contributed by atoms with E-state index < -0.39 is 37.0 Å². The summed E-state index contributed by atoms with van der Waals surface area (Å²) in [6, 6.07) is 15.7. The van der Waals surface area contributed by atoms with Gasteiger partial charge in [-0.3, -0.25) is 19.2 Å².